The van der Waals surface area contributed by atoms with Crippen molar-refractivity contribution in [1.29, 1.82) is 0 Å². The molecule has 0 aliphatic carbocycles. The molecule has 0 amide bonds. The maximum atomic E-state index is 13.2. The van der Waals surface area contributed by atoms with Crippen molar-refractivity contribution in [1.82, 2.24) is 14.9 Å². The number of imidazole rings is 1. The van der Waals surface area contributed by atoms with Gasteiger partial charge in [-0.3, -0.25) is 4.90 Å². The highest BCUT2D eigenvalue weighted by Gasteiger charge is 2.38. The predicted octanol–water partition coefficient (Wildman–Crippen LogP) is 7.21. The Bertz CT molecular complexity index is 1050. The van der Waals surface area contributed by atoms with Gasteiger partial charge in [0.25, 0.3) is 0 Å². The summed E-state index contributed by atoms with van der Waals surface area (Å²) in [4.78, 5) is 9.29. The fraction of sp³-hybridized carbons (Fsp3) is 0.375. The second kappa shape index (κ2) is 12.3. The average Bonchev–Trinajstić information content (AvgIpc) is 3.30. The summed E-state index contributed by atoms with van der Waals surface area (Å²) in [5, 5.41) is 0. The number of H-pyrrole nitrogens is 1. The molecule has 2 atom stereocenters. The first-order valence-electron chi connectivity index (χ1n) is 10.8. The number of piperidine rings is 1. The van der Waals surface area contributed by atoms with E-state index in [0.717, 1.165) is 36.4 Å². The molecule has 12 heteroatoms. The van der Waals surface area contributed by atoms with Crippen molar-refractivity contribution in [2.24, 2.45) is 0 Å². The molecule has 2 heterocycles. The first kappa shape index (κ1) is 30.0. The van der Waals surface area contributed by atoms with Gasteiger partial charge in [0.2, 0.25) is 0 Å². The Kier molecular flexibility index (Phi) is 10.2. The highest BCUT2D eigenvalue weighted by molar-refractivity contribution is 5.85. The molecule has 1 aliphatic rings. The Hall–Kier alpha value is -2.27. The predicted molar refractivity (Wildman–Crippen MR) is 127 cm³/mol. The zero-order valence-electron chi connectivity index (χ0n) is 18.9. The first-order valence-corrected chi connectivity index (χ1v) is 10.8. The minimum absolute atomic E-state index is 0. The van der Waals surface area contributed by atoms with Gasteiger partial charge in [0.1, 0.15) is 0 Å². The van der Waals surface area contributed by atoms with Crippen LogP contribution in [0, 0.1) is 0 Å². The molecule has 0 saturated carbocycles. The van der Waals surface area contributed by atoms with Crippen LogP contribution in [0.1, 0.15) is 46.8 Å². The average molecular weight is 556 g/mol. The van der Waals surface area contributed by atoms with Crippen LogP contribution in [0.2, 0.25) is 0 Å². The molecule has 4 nitrogen and oxygen atoms in total. The Labute approximate surface area is 216 Å². The lowest BCUT2D eigenvalue weighted by molar-refractivity contribution is -0.143. The molecule has 1 fully saturated rings. The number of rotatable bonds is 6. The molecule has 0 unspecified atom stereocenters. The molecular weight excluding hydrogens is 531 g/mol. The molecule has 4 rings (SSSR count). The SMILES string of the molecule is Cl.Cl.FC(F)(F)c1cc(CO[C@H]2CCCN(Cc3cnc[nH]3)[C@H]2c2ccccc2)cc(C(F)(F)F)c1. The molecule has 1 N–H and O–H groups in total. The van der Waals surface area contributed by atoms with E-state index in [9.17, 15) is 26.3 Å². The summed E-state index contributed by atoms with van der Waals surface area (Å²) >= 11 is 0. The van der Waals surface area contributed by atoms with Crippen LogP contribution >= 0.6 is 24.8 Å². The number of benzene rings is 2. The molecule has 198 valence electrons. The van der Waals surface area contributed by atoms with Crippen molar-refractivity contribution in [3.8, 4) is 0 Å². The zero-order valence-corrected chi connectivity index (χ0v) is 20.5. The third-order valence-corrected chi connectivity index (χ3v) is 5.86. The number of alkyl halides is 6. The van der Waals surface area contributed by atoms with Crippen molar-refractivity contribution < 1.29 is 31.1 Å². The molecule has 1 aromatic heterocycles. The number of halogens is 8. The lowest BCUT2D eigenvalue weighted by Crippen LogP contribution is -2.42. The van der Waals surface area contributed by atoms with Crippen molar-refractivity contribution in [2.75, 3.05) is 6.54 Å². The zero-order chi connectivity index (χ0) is 24.3. The molecule has 3 aromatic rings. The van der Waals surface area contributed by atoms with Gasteiger partial charge in [-0.25, -0.2) is 4.98 Å². The minimum atomic E-state index is -4.89. The van der Waals surface area contributed by atoms with Crippen LogP contribution in [0.15, 0.2) is 61.1 Å². The Morgan fingerprint density at radius 1 is 0.944 bits per heavy atom. The Balaban J connectivity index is 0.00000228. The number of hydrogen-bond donors (Lipinski definition) is 1. The number of likely N-dealkylation sites (tertiary alicyclic amines) is 1. The molecule has 0 spiro atoms. The number of aromatic amines is 1. The van der Waals surface area contributed by atoms with E-state index >= 15 is 0 Å². The van der Waals surface area contributed by atoms with Crippen LogP contribution < -0.4 is 0 Å². The van der Waals surface area contributed by atoms with Gasteiger partial charge in [0.05, 0.1) is 36.2 Å². The maximum absolute atomic E-state index is 13.2. The van der Waals surface area contributed by atoms with Crippen LogP contribution in [0.3, 0.4) is 0 Å². The summed E-state index contributed by atoms with van der Waals surface area (Å²) in [6.45, 7) is 0.959. The van der Waals surface area contributed by atoms with Crippen LogP contribution in [-0.4, -0.2) is 27.5 Å². The summed E-state index contributed by atoms with van der Waals surface area (Å²) in [6, 6.07) is 10.9. The highest BCUT2D eigenvalue weighted by Crippen LogP contribution is 2.38. The smallest absolute Gasteiger partial charge is 0.372 e. The van der Waals surface area contributed by atoms with Gasteiger partial charge >= 0.3 is 12.4 Å². The normalized spacial score (nSPS) is 18.8. The topological polar surface area (TPSA) is 41.1 Å². The van der Waals surface area contributed by atoms with Crippen molar-refractivity contribution >= 4 is 24.8 Å². The van der Waals surface area contributed by atoms with E-state index in [1.54, 1.807) is 12.5 Å². The van der Waals surface area contributed by atoms with E-state index in [-0.39, 0.29) is 49.1 Å². The number of nitrogens with zero attached hydrogens (tertiary/aromatic N) is 2. The third kappa shape index (κ3) is 7.38. The standard InChI is InChI=1S/C24H23F6N3O.2ClH/c25-23(26,27)18-9-16(10-19(11-18)24(28,29)30)14-34-21-7-4-8-33(13-20-12-31-15-32-20)22(21)17-5-2-1-3-6-17;;/h1-3,5-6,9-12,15,21-22H,4,7-8,13-14H2,(H,31,32);2*1H/t21-,22-;;/m0../s1. The fourth-order valence-corrected chi connectivity index (χ4v) is 4.35. The summed E-state index contributed by atoms with van der Waals surface area (Å²) in [6.07, 6.45) is -5.50. The molecule has 36 heavy (non-hydrogen) atoms. The number of nitrogens with one attached hydrogen (secondary N) is 1. The second-order valence-corrected chi connectivity index (χ2v) is 8.31. The molecule has 2 aromatic carbocycles. The van der Waals surface area contributed by atoms with E-state index < -0.39 is 29.6 Å². The largest absolute Gasteiger partial charge is 0.416 e. The van der Waals surface area contributed by atoms with Crippen LogP contribution in [0.4, 0.5) is 26.3 Å². The lowest BCUT2D eigenvalue weighted by Gasteiger charge is -2.41. The van der Waals surface area contributed by atoms with E-state index in [1.807, 2.05) is 30.3 Å². The number of hydrogen-bond acceptors (Lipinski definition) is 3. The van der Waals surface area contributed by atoms with Crippen LogP contribution in [-0.2, 0) is 30.2 Å². The van der Waals surface area contributed by atoms with E-state index in [0.29, 0.717) is 13.0 Å². The maximum Gasteiger partial charge on any atom is 0.416 e. The van der Waals surface area contributed by atoms with Crippen LogP contribution in [0.25, 0.3) is 0 Å². The molecule has 0 bridgehead atoms. The minimum Gasteiger partial charge on any atom is -0.372 e. The molecular formula is C24H25Cl2F6N3O. The fourth-order valence-electron chi connectivity index (χ4n) is 4.35. The van der Waals surface area contributed by atoms with Crippen LogP contribution in [0.5, 0.6) is 0 Å². The van der Waals surface area contributed by atoms with E-state index in [2.05, 4.69) is 14.9 Å². The lowest BCUT2D eigenvalue weighted by atomic mass is 9.92. The Morgan fingerprint density at radius 3 is 2.14 bits per heavy atom. The van der Waals surface area contributed by atoms with Gasteiger partial charge in [-0.05, 0) is 48.7 Å². The summed E-state index contributed by atoms with van der Waals surface area (Å²) in [5.74, 6) is 0. The Morgan fingerprint density at radius 2 is 1.58 bits per heavy atom. The summed E-state index contributed by atoms with van der Waals surface area (Å²) in [5.41, 5.74) is -0.990. The van der Waals surface area contributed by atoms with Crippen molar-refractivity contribution in [2.45, 2.75) is 50.5 Å². The van der Waals surface area contributed by atoms with Gasteiger partial charge in [-0.15, -0.1) is 24.8 Å². The number of ether oxygens (including phenoxy) is 1. The van der Waals surface area contributed by atoms with Gasteiger partial charge in [0.15, 0.2) is 0 Å². The van der Waals surface area contributed by atoms with E-state index in [4.69, 9.17) is 4.74 Å². The third-order valence-electron chi connectivity index (χ3n) is 5.86. The van der Waals surface area contributed by atoms with Crippen molar-refractivity contribution in [3.63, 3.8) is 0 Å². The quantitative estimate of drug-likeness (QED) is 0.326. The molecule has 1 saturated heterocycles. The first-order chi connectivity index (χ1) is 16.1. The van der Waals surface area contributed by atoms with Gasteiger partial charge < -0.3 is 9.72 Å². The number of aromatic nitrogens is 2. The van der Waals surface area contributed by atoms with Gasteiger partial charge in [-0.1, -0.05) is 30.3 Å². The summed E-state index contributed by atoms with van der Waals surface area (Å²) < 4.78 is 85.4. The second-order valence-electron chi connectivity index (χ2n) is 8.31. The molecule has 0 radical (unpaired) electrons. The van der Waals surface area contributed by atoms with E-state index in [1.165, 1.54) is 0 Å². The monoisotopic (exact) mass is 555 g/mol. The van der Waals surface area contributed by atoms with Crippen molar-refractivity contribution in [3.05, 3.63) is 89.0 Å². The van der Waals surface area contributed by atoms with Gasteiger partial charge in [0, 0.05) is 18.4 Å². The summed E-state index contributed by atoms with van der Waals surface area (Å²) in [7, 11) is 0. The molecule has 1 aliphatic heterocycles. The van der Waals surface area contributed by atoms with Gasteiger partial charge in [-0.2, -0.15) is 26.3 Å². The highest BCUT2D eigenvalue weighted by atomic mass is 35.5.